The minimum atomic E-state index is 0.302. The zero-order valence-electron chi connectivity index (χ0n) is 9.32. The average Bonchev–Trinajstić information content (AvgIpc) is 2.47. The Kier molecular flexibility index (Phi) is 3.10. The molecule has 2 bridgehead atoms. The first kappa shape index (κ1) is 10.4. The van der Waals surface area contributed by atoms with Crippen molar-refractivity contribution in [2.24, 2.45) is 0 Å². The second-order valence-corrected chi connectivity index (χ2v) is 4.91. The molecule has 3 nitrogen and oxygen atoms in total. The summed E-state index contributed by atoms with van der Waals surface area (Å²) in [5.41, 5.74) is 0. The predicted octanol–water partition coefficient (Wildman–Crippen LogP) is 0.536. The van der Waals surface area contributed by atoms with Gasteiger partial charge in [0.25, 0.3) is 0 Å². The van der Waals surface area contributed by atoms with E-state index in [-0.39, 0.29) is 0 Å². The molecular formula is C11H22N2O. The summed E-state index contributed by atoms with van der Waals surface area (Å²) in [6, 6.07) is 1.76. The smallest absolute Gasteiger partial charge is 0.0584 e. The molecule has 3 heteroatoms. The highest BCUT2D eigenvalue weighted by atomic mass is 16.3. The molecular weight excluding hydrogens is 176 g/mol. The molecule has 2 saturated heterocycles. The van der Waals surface area contributed by atoms with Crippen LogP contribution in [0.5, 0.6) is 0 Å². The molecule has 14 heavy (non-hydrogen) atoms. The van der Waals surface area contributed by atoms with E-state index >= 15 is 0 Å². The first-order valence-electron chi connectivity index (χ1n) is 5.79. The van der Waals surface area contributed by atoms with Crippen LogP contribution in [0.15, 0.2) is 0 Å². The summed E-state index contributed by atoms with van der Waals surface area (Å²) in [6.07, 6.45) is 3.93. The van der Waals surface area contributed by atoms with Gasteiger partial charge in [0.05, 0.1) is 6.61 Å². The van der Waals surface area contributed by atoms with Crippen molar-refractivity contribution in [1.82, 2.24) is 9.80 Å². The monoisotopic (exact) mass is 198 g/mol. The first-order valence-corrected chi connectivity index (χ1v) is 5.79. The molecule has 0 aromatic carbocycles. The van der Waals surface area contributed by atoms with Gasteiger partial charge in [-0.25, -0.2) is 0 Å². The Bertz CT molecular complexity index is 198. The van der Waals surface area contributed by atoms with Crippen molar-refractivity contribution in [2.75, 3.05) is 26.7 Å². The van der Waals surface area contributed by atoms with E-state index in [0.717, 1.165) is 6.04 Å². The van der Waals surface area contributed by atoms with Crippen LogP contribution in [-0.4, -0.2) is 59.8 Å². The van der Waals surface area contributed by atoms with Gasteiger partial charge in [-0.15, -0.1) is 0 Å². The van der Waals surface area contributed by atoms with Gasteiger partial charge in [0, 0.05) is 24.7 Å². The number of rotatable bonds is 2. The van der Waals surface area contributed by atoms with Gasteiger partial charge in [-0.2, -0.15) is 0 Å². The van der Waals surface area contributed by atoms with Crippen molar-refractivity contribution in [3.05, 3.63) is 0 Å². The Morgan fingerprint density at radius 2 is 2.00 bits per heavy atom. The van der Waals surface area contributed by atoms with Crippen LogP contribution in [0.3, 0.4) is 0 Å². The van der Waals surface area contributed by atoms with Gasteiger partial charge >= 0.3 is 0 Å². The van der Waals surface area contributed by atoms with Crippen LogP contribution < -0.4 is 0 Å². The normalized spacial score (nSPS) is 37.1. The largest absolute Gasteiger partial charge is 0.395 e. The van der Waals surface area contributed by atoms with Gasteiger partial charge in [0.15, 0.2) is 0 Å². The molecule has 2 aliphatic rings. The van der Waals surface area contributed by atoms with Gasteiger partial charge in [0.2, 0.25) is 0 Å². The number of hydrogen-bond acceptors (Lipinski definition) is 3. The van der Waals surface area contributed by atoms with Crippen molar-refractivity contribution in [2.45, 2.75) is 44.3 Å². The molecule has 0 spiro atoms. The highest BCUT2D eigenvalue weighted by molar-refractivity contribution is 4.94. The zero-order valence-corrected chi connectivity index (χ0v) is 9.32. The molecule has 3 unspecified atom stereocenters. The number of fused-ring (bicyclic) bond motifs is 2. The summed E-state index contributed by atoms with van der Waals surface area (Å²) in [5.74, 6) is 0. The highest BCUT2D eigenvalue weighted by Crippen LogP contribution is 2.31. The molecule has 2 fully saturated rings. The quantitative estimate of drug-likeness (QED) is 0.701. The van der Waals surface area contributed by atoms with Crippen LogP contribution >= 0.6 is 0 Å². The molecule has 1 N–H and O–H groups in total. The molecule has 3 atom stereocenters. The molecule has 0 amide bonds. The fourth-order valence-electron chi connectivity index (χ4n) is 3.09. The lowest BCUT2D eigenvalue weighted by molar-refractivity contribution is 0.0908. The van der Waals surface area contributed by atoms with Crippen molar-refractivity contribution in [1.29, 1.82) is 0 Å². The van der Waals surface area contributed by atoms with Crippen LogP contribution in [0.4, 0.5) is 0 Å². The summed E-state index contributed by atoms with van der Waals surface area (Å²) in [6.45, 7) is 4.85. The van der Waals surface area contributed by atoms with E-state index in [9.17, 15) is 5.11 Å². The lowest BCUT2D eigenvalue weighted by atomic mass is 10.1. The molecule has 0 radical (unpaired) electrons. The molecule has 0 aliphatic carbocycles. The van der Waals surface area contributed by atoms with Crippen molar-refractivity contribution < 1.29 is 5.11 Å². The highest BCUT2D eigenvalue weighted by Gasteiger charge is 2.38. The molecule has 2 heterocycles. The molecule has 82 valence electrons. The van der Waals surface area contributed by atoms with Gasteiger partial charge < -0.3 is 10.0 Å². The lowest BCUT2D eigenvalue weighted by Crippen LogP contribution is -2.45. The number of likely N-dealkylation sites (N-methyl/N-ethyl adjacent to an activating group) is 1. The summed E-state index contributed by atoms with van der Waals surface area (Å²) < 4.78 is 0. The second kappa shape index (κ2) is 4.17. The van der Waals surface area contributed by atoms with Crippen LogP contribution in [0.1, 0.15) is 26.2 Å². The van der Waals surface area contributed by atoms with Gasteiger partial charge in [-0.1, -0.05) is 0 Å². The van der Waals surface area contributed by atoms with E-state index in [1.54, 1.807) is 0 Å². The molecule has 0 aromatic rings. The summed E-state index contributed by atoms with van der Waals surface area (Å²) in [4.78, 5) is 4.99. The van der Waals surface area contributed by atoms with E-state index in [2.05, 4.69) is 23.8 Å². The maximum atomic E-state index is 9.25. The first-order chi connectivity index (χ1) is 6.72. The van der Waals surface area contributed by atoms with Gasteiger partial charge in [-0.05, 0) is 39.8 Å². The summed E-state index contributed by atoms with van der Waals surface area (Å²) in [7, 11) is 2.21. The Morgan fingerprint density at radius 1 is 1.29 bits per heavy atom. The summed E-state index contributed by atoms with van der Waals surface area (Å²) >= 11 is 0. The number of hydrogen-bond donors (Lipinski definition) is 1. The minimum absolute atomic E-state index is 0.302. The maximum Gasteiger partial charge on any atom is 0.0584 e. The number of aliphatic hydroxyl groups excluding tert-OH is 1. The van der Waals surface area contributed by atoms with E-state index in [1.165, 1.54) is 32.4 Å². The van der Waals surface area contributed by atoms with Crippen LogP contribution in [0.25, 0.3) is 0 Å². The maximum absolute atomic E-state index is 9.25. The predicted molar refractivity (Wildman–Crippen MR) is 57.3 cm³/mol. The van der Waals surface area contributed by atoms with Crippen molar-refractivity contribution in [3.63, 3.8) is 0 Å². The van der Waals surface area contributed by atoms with E-state index in [1.807, 2.05) is 0 Å². The Morgan fingerprint density at radius 3 is 2.71 bits per heavy atom. The Balaban J connectivity index is 2.08. The third-order valence-electron chi connectivity index (χ3n) is 3.82. The zero-order chi connectivity index (χ0) is 10.1. The number of likely N-dealkylation sites (tertiary alicyclic amines) is 1. The van der Waals surface area contributed by atoms with Crippen LogP contribution in [0, 0.1) is 0 Å². The number of aliphatic hydroxyl groups is 1. The minimum Gasteiger partial charge on any atom is -0.395 e. The molecule has 2 aliphatic heterocycles. The fourth-order valence-corrected chi connectivity index (χ4v) is 3.09. The standard InChI is InChI=1S/C11H22N2O/c1-9(8-14)13-10-3-4-11(13)7-12(2)6-5-10/h9-11,14H,3-8H2,1-2H3. The van der Waals surface area contributed by atoms with E-state index in [4.69, 9.17) is 0 Å². The van der Waals surface area contributed by atoms with Crippen molar-refractivity contribution >= 4 is 0 Å². The Hall–Kier alpha value is -0.120. The topological polar surface area (TPSA) is 26.7 Å². The average molecular weight is 198 g/mol. The fraction of sp³-hybridized carbons (Fsp3) is 1.00. The SMILES string of the molecule is CC(CO)N1C2CCC1CN(C)CC2. The molecule has 0 aromatic heterocycles. The van der Waals surface area contributed by atoms with Gasteiger partial charge in [0.1, 0.15) is 0 Å². The van der Waals surface area contributed by atoms with Gasteiger partial charge in [-0.3, -0.25) is 4.90 Å². The third kappa shape index (κ3) is 1.81. The number of nitrogens with zero attached hydrogens (tertiary/aromatic N) is 2. The molecule has 2 rings (SSSR count). The van der Waals surface area contributed by atoms with Crippen LogP contribution in [0.2, 0.25) is 0 Å². The van der Waals surface area contributed by atoms with E-state index in [0.29, 0.717) is 18.7 Å². The third-order valence-corrected chi connectivity index (χ3v) is 3.82. The lowest BCUT2D eigenvalue weighted by Gasteiger charge is -2.32. The van der Waals surface area contributed by atoms with E-state index < -0.39 is 0 Å². The van der Waals surface area contributed by atoms with Crippen LogP contribution in [-0.2, 0) is 0 Å². The summed E-state index contributed by atoms with van der Waals surface area (Å²) in [5, 5.41) is 9.25. The second-order valence-electron chi connectivity index (χ2n) is 4.91. The Labute approximate surface area is 86.7 Å². The van der Waals surface area contributed by atoms with Crippen molar-refractivity contribution in [3.8, 4) is 0 Å². The molecule has 0 saturated carbocycles.